The van der Waals surface area contributed by atoms with Crippen molar-refractivity contribution >= 4 is 17.6 Å². The average molecular weight is 397 g/mol. The quantitative estimate of drug-likeness (QED) is 0.677. The van der Waals surface area contributed by atoms with Gasteiger partial charge in [-0.2, -0.15) is 0 Å². The van der Waals surface area contributed by atoms with Crippen molar-refractivity contribution in [1.82, 2.24) is 0 Å². The molecule has 1 saturated heterocycles. The van der Waals surface area contributed by atoms with Gasteiger partial charge in [-0.15, -0.1) is 0 Å². The minimum Gasteiger partial charge on any atom is -0.491 e. The molecule has 154 valence electrons. The first kappa shape index (κ1) is 20.9. The normalized spacial score (nSPS) is 15.9. The molecule has 3 rings (SSSR count). The Morgan fingerprint density at radius 1 is 1.10 bits per heavy atom. The molecule has 2 aromatic carbocycles. The maximum absolute atomic E-state index is 12.1. The van der Waals surface area contributed by atoms with Crippen LogP contribution in [0.5, 0.6) is 5.75 Å². The van der Waals surface area contributed by atoms with E-state index in [2.05, 4.69) is 19.2 Å². The van der Waals surface area contributed by atoms with Crippen LogP contribution in [0.4, 0.5) is 5.69 Å². The number of nitrogens with one attached hydrogen (secondary N) is 1. The molecule has 0 aliphatic carbocycles. The standard InChI is InChI=1S/C23H27NO5/c1-16(2)17-5-9-19(10-6-17)24-22(25)15-29-23(26)18-7-11-20(12-8-18)28-14-21-4-3-13-27-21/h5-12,16,21H,3-4,13-15H2,1-2H3,(H,24,25)/t21-/m1/s1. The Morgan fingerprint density at radius 2 is 1.83 bits per heavy atom. The van der Waals surface area contributed by atoms with E-state index in [4.69, 9.17) is 14.2 Å². The molecule has 0 unspecified atom stereocenters. The van der Waals surface area contributed by atoms with Gasteiger partial charge in [0, 0.05) is 12.3 Å². The fraction of sp³-hybridized carbons (Fsp3) is 0.391. The lowest BCUT2D eigenvalue weighted by Crippen LogP contribution is -2.21. The topological polar surface area (TPSA) is 73.9 Å². The Morgan fingerprint density at radius 3 is 2.45 bits per heavy atom. The monoisotopic (exact) mass is 397 g/mol. The lowest BCUT2D eigenvalue weighted by atomic mass is 10.0. The Hall–Kier alpha value is -2.86. The minimum absolute atomic E-state index is 0.139. The van der Waals surface area contributed by atoms with Crippen molar-refractivity contribution in [2.45, 2.75) is 38.7 Å². The second-order valence-corrected chi connectivity index (χ2v) is 7.37. The number of hydrogen-bond acceptors (Lipinski definition) is 5. The Balaban J connectivity index is 1.42. The van der Waals surface area contributed by atoms with Gasteiger partial charge in [-0.1, -0.05) is 26.0 Å². The van der Waals surface area contributed by atoms with Crippen molar-refractivity contribution in [1.29, 1.82) is 0 Å². The molecule has 1 atom stereocenters. The molecule has 1 N–H and O–H groups in total. The van der Waals surface area contributed by atoms with Crippen LogP contribution < -0.4 is 10.1 Å². The van der Waals surface area contributed by atoms with Crippen molar-refractivity contribution in [3.05, 3.63) is 59.7 Å². The summed E-state index contributed by atoms with van der Waals surface area (Å²) >= 11 is 0. The van der Waals surface area contributed by atoms with Crippen LogP contribution in [0.15, 0.2) is 48.5 Å². The number of esters is 1. The highest BCUT2D eigenvalue weighted by Gasteiger charge is 2.16. The van der Waals surface area contributed by atoms with Gasteiger partial charge in [-0.3, -0.25) is 4.79 Å². The second kappa shape index (κ2) is 10.1. The summed E-state index contributed by atoms with van der Waals surface area (Å²) in [6.45, 7) is 5.16. The van der Waals surface area contributed by atoms with Crippen LogP contribution in [0.25, 0.3) is 0 Å². The van der Waals surface area contributed by atoms with Crippen LogP contribution in [0, 0.1) is 0 Å². The third-order valence-corrected chi connectivity index (χ3v) is 4.75. The summed E-state index contributed by atoms with van der Waals surface area (Å²) in [6.07, 6.45) is 2.21. The largest absolute Gasteiger partial charge is 0.491 e. The number of benzene rings is 2. The van der Waals surface area contributed by atoms with Gasteiger partial charge in [0.05, 0.1) is 11.7 Å². The number of ether oxygens (including phenoxy) is 3. The number of amides is 1. The second-order valence-electron chi connectivity index (χ2n) is 7.37. The number of rotatable bonds is 8. The van der Waals surface area contributed by atoms with Gasteiger partial charge in [0.25, 0.3) is 5.91 Å². The fourth-order valence-corrected chi connectivity index (χ4v) is 3.02. The highest BCUT2D eigenvalue weighted by molar-refractivity contribution is 5.95. The molecule has 1 fully saturated rings. The van der Waals surface area contributed by atoms with Gasteiger partial charge in [0.1, 0.15) is 12.4 Å². The maximum atomic E-state index is 12.1. The summed E-state index contributed by atoms with van der Waals surface area (Å²) in [5.74, 6) is 0.154. The SMILES string of the molecule is CC(C)c1ccc(NC(=O)COC(=O)c2ccc(OC[C@H]3CCCO3)cc2)cc1. The zero-order valence-electron chi connectivity index (χ0n) is 16.9. The molecule has 1 amide bonds. The lowest BCUT2D eigenvalue weighted by Gasteiger charge is -2.12. The van der Waals surface area contributed by atoms with E-state index in [0.717, 1.165) is 19.4 Å². The third-order valence-electron chi connectivity index (χ3n) is 4.75. The molecular weight excluding hydrogens is 370 g/mol. The van der Waals surface area contributed by atoms with Crippen molar-refractivity contribution < 1.29 is 23.8 Å². The lowest BCUT2D eigenvalue weighted by molar-refractivity contribution is -0.119. The van der Waals surface area contributed by atoms with Crippen molar-refractivity contribution in [3.8, 4) is 5.75 Å². The summed E-state index contributed by atoms with van der Waals surface area (Å²) in [5, 5.41) is 2.72. The van der Waals surface area contributed by atoms with Crippen LogP contribution in [0.3, 0.4) is 0 Å². The van der Waals surface area contributed by atoms with E-state index in [1.165, 1.54) is 5.56 Å². The summed E-state index contributed by atoms with van der Waals surface area (Å²) in [6, 6.07) is 14.3. The fourth-order valence-electron chi connectivity index (χ4n) is 3.02. The van der Waals surface area contributed by atoms with Gasteiger partial charge in [0.15, 0.2) is 6.61 Å². The van der Waals surface area contributed by atoms with Crippen LogP contribution in [0.2, 0.25) is 0 Å². The smallest absolute Gasteiger partial charge is 0.338 e. The first-order chi connectivity index (χ1) is 14.0. The van der Waals surface area contributed by atoms with Crippen molar-refractivity contribution in [2.75, 3.05) is 25.1 Å². The van der Waals surface area contributed by atoms with E-state index in [1.807, 2.05) is 24.3 Å². The predicted molar refractivity (Wildman–Crippen MR) is 110 cm³/mol. The van der Waals surface area contributed by atoms with Crippen LogP contribution >= 0.6 is 0 Å². The summed E-state index contributed by atoms with van der Waals surface area (Å²) in [4.78, 5) is 24.1. The van der Waals surface area contributed by atoms with Gasteiger partial charge in [-0.25, -0.2) is 4.79 Å². The molecule has 1 aliphatic heterocycles. The molecular formula is C23H27NO5. The van der Waals surface area contributed by atoms with E-state index in [0.29, 0.717) is 29.5 Å². The van der Waals surface area contributed by atoms with Gasteiger partial charge < -0.3 is 19.5 Å². The minimum atomic E-state index is -0.555. The molecule has 0 aromatic heterocycles. The Labute approximate surface area is 171 Å². The van der Waals surface area contributed by atoms with E-state index in [1.54, 1.807) is 24.3 Å². The number of carbonyl (C=O) groups is 2. The van der Waals surface area contributed by atoms with E-state index in [9.17, 15) is 9.59 Å². The highest BCUT2D eigenvalue weighted by Crippen LogP contribution is 2.18. The molecule has 0 spiro atoms. The van der Waals surface area contributed by atoms with E-state index in [-0.39, 0.29) is 18.6 Å². The molecule has 29 heavy (non-hydrogen) atoms. The third kappa shape index (κ3) is 6.32. The molecule has 0 radical (unpaired) electrons. The highest BCUT2D eigenvalue weighted by atomic mass is 16.5. The van der Waals surface area contributed by atoms with Crippen LogP contribution in [-0.2, 0) is 14.3 Å². The first-order valence-corrected chi connectivity index (χ1v) is 9.92. The molecule has 6 heteroatoms. The van der Waals surface area contributed by atoms with Gasteiger partial charge in [-0.05, 0) is 60.7 Å². The predicted octanol–water partition coefficient (Wildman–Crippen LogP) is 4.16. The van der Waals surface area contributed by atoms with E-state index >= 15 is 0 Å². The van der Waals surface area contributed by atoms with Gasteiger partial charge in [0.2, 0.25) is 0 Å². The molecule has 0 bridgehead atoms. The number of carbonyl (C=O) groups excluding carboxylic acids is 2. The zero-order chi connectivity index (χ0) is 20.6. The molecule has 1 aliphatic rings. The first-order valence-electron chi connectivity index (χ1n) is 9.92. The van der Waals surface area contributed by atoms with Gasteiger partial charge >= 0.3 is 5.97 Å². The zero-order valence-corrected chi connectivity index (χ0v) is 16.9. The molecule has 6 nitrogen and oxygen atoms in total. The summed E-state index contributed by atoms with van der Waals surface area (Å²) in [5.41, 5.74) is 2.23. The Bertz CT molecular complexity index is 808. The number of anilines is 1. The van der Waals surface area contributed by atoms with Crippen LogP contribution in [-0.4, -0.2) is 37.8 Å². The van der Waals surface area contributed by atoms with E-state index < -0.39 is 5.97 Å². The molecule has 0 saturated carbocycles. The summed E-state index contributed by atoms with van der Waals surface area (Å²) < 4.78 is 16.3. The maximum Gasteiger partial charge on any atom is 0.338 e. The van der Waals surface area contributed by atoms with Crippen molar-refractivity contribution in [2.24, 2.45) is 0 Å². The van der Waals surface area contributed by atoms with Crippen molar-refractivity contribution in [3.63, 3.8) is 0 Å². The molecule has 2 aromatic rings. The summed E-state index contributed by atoms with van der Waals surface area (Å²) in [7, 11) is 0. The number of hydrogen-bond donors (Lipinski definition) is 1. The Kier molecular flexibility index (Phi) is 7.25. The average Bonchev–Trinajstić information content (AvgIpc) is 3.25. The van der Waals surface area contributed by atoms with Crippen LogP contribution in [0.1, 0.15) is 48.5 Å². The molecule has 1 heterocycles.